The van der Waals surface area contributed by atoms with Crippen molar-refractivity contribution in [3.63, 3.8) is 0 Å². The van der Waals surface area contributed by atoms with Gasteiger partial charge in [0.1, 0.15) is 0 Å². The fourth-order valence-corrected chi connectivity index (χ4v) is 2.65. The fourth-order valence-electron chi connectivity index (χ4n) is 2.65. The fraction of sp³-hybridized carbons (Fsp3) is 0.429. The smallest absolute Gasteiger partial charge is 0.0927 e. The number of hydrogen-bond donors (Lipinski definition) is 1. The molecule has 18 heavy (non-hydrogen) atoms. The molecule has 0 bridgehead atoms. The van der Waals surface area contributed by atoms with Gasteiger partial charge in [-0.1, -0.05) is 0 Å². The molecule has 4 heteroatoms. The second kappa shape index (κ2) is 4.90. The molecule has 3 heterocycles. The molecule has 94 valence electrons. The molecular formula is C14H18N4. The van der Waals surface area contributed by atoms with Crippen LogP contribution in [-0.2, 0) is 7.05 Å². The summed E-state index contributed by atoms with van der Waals surface area (Å²) in [5.41, 5.74) is 3.54. The number of nitrogens with one attached hydrogen (secondary N) is 1. The Hall–Kier alpha value is -1.68. The van der Waals surface area contributed by atoms with Gasteiger partial charge >= 0.3 is 0 Å². The predicted molar refractivity (Wildman–Crippen MR) is 71.3 cm³/mol. The molecular weight excluding hydrogens is 224 g/mol. The molecule has 0 spiro atoms. The second-order valence-electron chi connectivity index (χ2n) is 4.84. The minimum absolute atomic E-state index is 0.638. The number of pyridine rings is 1. The van der Waals surface area contributed by atoms with Crippen molar-refractivity contribution in [2.24, 2.45) is 7.05 Å². The normalized spacial score (nSPS) is 16.9. The van der Waals surface area contributed by atoms with Gasteiger partial charge in [0.2, 0.25) is 0 Å². The highest BCUT2D eigenvalue weighted by molar-refractivity contribution is 5.58. The third kappa shape index (κ3) is 2.16. The predicted octanol–water partition coefficient (Wildman–Crippen LogP) is 1.95. The summed E-state index contributed by atoms with van der Waals surface area (Å²) in [6, 6.07) is 6.24. The summed E-state index contributed by atoms with van der Waals surface area (Å²) in [7, 11) is 2.04. The molecule has 0 aliphatic carbocycles. The van der Waals surface area contributed by atoms with E-state index in [1.165, 1.54) is 18.5 Å². The highest BCUT2D eigenvalue weighted by atomic mass is 15.3. The van der Waals surface area contributed by atoms with Crippen LogP contribution in [0.25, 0.3) is 11.3 Å². The average molecular weight is 242 g/mol. The van der Waals surface area contributed by atoms with Gasteiger partial charge in [0.15, 0.2) is 0 Å². The van der Waals surface area contributed by atoms with E-state index >= 15 is 0 Å². The van der Waals surface area contributed by atoms with Gasteiger partial charge < -0.3 is 5.32 Å². The Balaban J connectivity index is 1.91. The van der Waals surface area contributed by atoms with Gasteiger partial charge in [0, 0.05) is 36.6 Å². The van der Waals surface area contributed by atoms with E-state index in [1.807, 2.05) is 36.3 Å². The molecule has 0 radical (unpaired) electrons. The van der Waals surface area contributed by atoms with Crippen molar-refractivity contribution in [3.05, 3.63) is 36.3 Å². The van der Waals surface area contributed by atoms with E-state index in [0.717, 1.165) is 24.3 Å². The monoisotopic (exact) mass is 242 g/mol. The zero-order valence-corrected chi connectivity index (χ0v) is 10.6. The molecule has 0 aromatic carbocycles. The summed E-state index contributed by atoms with van der Waals surface area (Å²) >= 11 is 0. The summed E-state index contributed by atoms with van der Waals surface area (Å²) in [5.74, 6) is 0.638. The molecule has 0 unspecified atom stereocenters. The van der Waals surface area contributed by atoms with Crippen LogP contribution in [-0.4, -0.2) is 27.9 Å². The van der Waals surface area contributed by atoms with Gasteiger partial charge in [-0.3, -0.25) is 9.67 Å². The van der Waals surface area contributed by atoms with Gasteiger partial charge in [0.05, 0.1) is 5.69 Å². The SMILES string of the molecule is Cn1nc(-c2ccncc2)cc1C1CCNCC1. The lowest BCUT2D eigenvalue weighted by molar-refractivity contribution is 0.440. The number of hydrogen-bond acceptors (Lipinski definition) is 3. The molecule has 3 rings (SSSR count). The van der Waals surface area contributed by atoms with Crippen molar-refractivity contribution in [3.8, 4) is 11.3 Å². The summed E-state index contributed by atoms with van der Waals surface area (Å²) < 4.78 is 2.03. The maximum atomic E-state index is 4.62. The third-order valence-corrected chi connectivity index (χ3v) is 3.65. The van der Waals surface area contributed by atoms with Gasteiger partial charge in [0.25, 0.3) is 0 Å². The van der Waals surface area contributed by atoms with Crippen molar-refractivity contribution in [1.82, 2.24) is 20.1 Å². The van der Waals surface area contributed by atoms with Gasteiger partial charge in [-0.25, -0.2) is 0 Å². The molecule has 1 aliphatic rings. The first-order valence-electron chi connectivity index (χ1n) is 6.49. The zero-order valence-electron chi connectivity index (χ0n) is 10.6. The number of piperidine rings is 1. The topological polar surface area (TPSA) is 42.7 Å². The third-order valence-electron chi connectivity index (χ3n) is 3.65. The van der Waals surface area contributed by atoms with E-state index in [2.05, 4.69) is 21.5 Å². The molecule has 4 nitrogen and oxygen atoms in total. The number of nitrogens with zero attached hydrogens (tertiary/aromatic N) is 3. The van der Waals surface area contributed by atoms with Crippen LogP contribution < -0.4 is 5.32 Å². The Kier molecular flexibility index (Phi) is 3.11. The lowest BCUT2D eigenvalue weighted by atomic mass is 9.94. The van der Waals surface area contributed by atoms with Crippen molar-refractivity contribution in [2.75, 3.05) is 13.1 Å². The second-order valence-corrected chi connectivity index (χ2v) is 4.84. The first kappa shape index (κ1) is 11.4. The maximum absolute atomic E-state index is 4.62. The average Bonchev–Trinajstić information content (AvgIpc) is 2.83. The molecule has 1 N–H and O–H groups in total. The molecule has 1 aliphatic heterocycles. The lowest BCUT2D eigenvalue weighted by Gasteiger charge is -2.22. The zero-order chi connectivity index (χ0) is 12.4. The lowest BCUT2D eigenvalue weighted by Crippen LogP contribution is -2.27. The van der Waals surface area contributed by atoms with Crippen LogP contribution in [0.4, 0.5) is 0 Å². The van der Waals surface area contributed by atoms with Crippen LogP contribution >= 0.6 is 0 Å². The van der Waals surface area contributed by atoms with Crippen LogP contribution in [0.1, 0.15) is 24.5 Å². The van der Waals surface area contributed by atoms with Gasteiger partial charge in [-0.2, -0.15) is 5.10 Å². The van der Waals surface area contributed by atoms with Crippen molar-refractivity contribution in [2.45, 2.75) is 18.8 Å². The van der Waals surface area contributed by atoms with Crippen molar-refractivity contribution >= 4 is 0 Å². The van der Waals surface area contributed by atoms with E-state index in [4.69, 9.17) is 0 Å². The van der Waals surface area contributed by atoms with Crippen molar-refractivity contribution in [1.29, 1.82) is 0 Å². The first-order chi connectivity index (χ1) is 8.84. The maximum Gasteiger partial charge on any atom is 0.0927 e. The van der Waals surface area contributed by atoms with Crippen molar-refractivity contribution < 1.29 is 0 Å². The summed E-state index contributed by atoms with van der Waals surface area (Å²) in [4.78, 5) is 4.05. The summed E-state index contributed by atoms with van der Waals surface area (Å²) in [6.45, 7) is 2.22. The Morgan fingerprint density at radius 2 is 1.94 bits per heavy atom. The molecule has 1 fully saturated rings. The summed E-state index contributed by atoms with van der Waals surface area (Å²) in [6.07, 6.45) is 6.03. The Morgan fingerprint density at radius 3 is 2.67 bits per heavy atom. The van der Waals surface area contributed by atoms with Crippen LogP contribution in [0, 0.1) is 0 Å². The highest BCUT2D eigenvalue weighted by Crippen LogP contribution is 2.28. The summed E-state index contributed by atoms with van der Waals surface area (Å²) in [5, 5.41) is 8.03. The molecule has 0 amide bonds. The first-order valence-corrected chi connectivity index (χ1v) is 6.49. The van der Waals surface area contributed by atoms with E-state index in [-0.39, 0.29) is 0 Å². The molecule has 2 aromatic rings. The Morgan fingerprint density at radius 1 is 1.22 bits per heavy atom. The van der Waals surface area contributed by atoms with E-state index < -0.39 is 0 Å². The molecule has 0 saturated carbocycles. The van der Waals surface area contributed by atoms with Crippen LogP contribution in [0.5, 0.6) is 0 Å². The van der Waals surface area contributed by atoms with E-state index in [0.29, 0.717) is 5.92 Å². The number of aryl methyl sites for hydroxylation is 1. The molecule has 1 saturated heterocycles. The van der Waals surface area contributed by atoms with Crippen LogP contribution in [0.2, 0.25) is 0 Å². The molecule has 2 aromatic heterocycles. The van der Waals surface area contributed by atoms with Crippen LogP contribution in [0.15, 0.2) is 30.6 Å². The Bertz CT molecular complexity index is 512. The minimum atomic E-state index is 0.638. The highest BCUT2D eigenvalue weighted by Gasteiger charge is 2.19. The largest absolute Gasteiger partial charge is 0.317 e. The standard InChI is InChI=1S/C14H18N4/c1-18-14(12-4-8-16-9-5-12)10-13(17-18)11-2-6-15-7-3-11/h2-3,6-7,10,12,16H,4-5,8-9H2,1H3. The van der Waals surface area contributed by atoms with Gasteiger partial charge in [-0.05, 0) is 44.1 Å². The number of rotatable bonds is 2. The van der Waals surface area contributed by atoms with E-state index in [1.54, 1.807) is 0 Å². The van der Waals surface area contributed by atoms with Gasteiger partial charge in [-0.15, -0.1) is 0 Å². The van der Waals surface area contributed by atoms with Crippen LogP contribution in [0.3, 0.4) is 0 Å². The Labute approximate surface area is 107 Å². The number of aromatic nitrogens is 3. The molecule has 0 atom stereocenters. The quantitative estimate of drug-likeness (QED) is 0.875. The van der Waals surface area contributed by atoms with E-state index in [9.17, 15) is 0 Å². The minimum Gasteiger partial charge on any atom is -0.317 e.